The maximum Gasteiger partial charge on any atom is 0.417 e. The molecule has 0 spiro atoms. The molecule has 4 aromatic heterocycles. The highest BCUT2D eigenvalue weighted by Gasteiger charge is 2.36. The SMILES string of the molecule is O=C(c1ccccc1C(F)(F)F)n1nc(-c2cc(-c3ccccc3)cn(Cc3ccno3)c2=O)c(F)c1NCc1ccc(Cl)s1. The molecule has 0 saturated carbocycles. The minimum atomic E-state index is -4.87. The van der Waals surface area contributed by atoms with Gasteiger partial charge in [-0.15, -0.1) is 11.3 Å². The van der Waals surface area contributed by atoms with Crippen LogP contribution in [0.4, 0.5) is 23.4 Å². The Bertz CT molecular complexity index is 2050. The minimum absolute atomic E-state index is 0.0343. The van der Waals surface area contributed by atoms with E-state index in [9.17, 15) is 22.8 Å². The van der Waals surface area contributed by atoms with Gasteiger partial charge in [0.15, 0.2) is 17.4 Å². The third-order valence-corrected chi connectivity index (χ3v) is 8.04. The van der Waals surface area contributed by atoms with Gasteiger partial charge in [0, 0.05) is 17.1 Å². The molecular weight excluding hydrogens is 634 g/mol. The van der Waals surface area contributed by atoms with Crippen LogP contribution in [0.5, 0.6) is 0 Å². The van der Waals surface area contributed by atoms with Gasteiger partial charge in [-0.05, 0) is 41.5 Å². The van der Waals surface area contributed by atoms with Crippen LogP contribution < -0.4 is 10.9 Å². The summed E-state index contributed by atoms with van der Waals surface area (Å²) in [5.41, 5.74) is -2.22. The molecule has 0 radical (unpaired) electrons. The van der Waals surface area contributed by atoms with Crippen molar-refractivity contribution in [1.82, 2.24) is 19.5 Å². The highest BCUT2D eigenvalue weighted by molar-refractivity contribution is 7.16. The van der Waals surface area contributed by atoms with Crippen LogP contribution in [0.25, 0.3) is 22.4 Å². The molecule has 0 aliphatic carbocycles. The summed E-state index contributed by atoms with van der Waals surface area (Å²) in [4.78, 5) is 28.1. The number of hydrogen-bond donors (Lipinski definition) is 1. The molecule has 45 heavy (non-hydrogen) atoms. The summed E-state index contributed by atoms with van der Waals surface area (Å²) < 4.78 is 65.4. The van der Waals surface area contributed by atoms with E-state index in [1.165, 1.54) is 34.2 Å². The van der Waals surface area contributed by atoms with E-state index in [4.69, 9.17) is 16.1 Å². The van der Waals surface area contributed by atoms with Crippen molar-refractivity contribution in [2.75, 3.05) is 5.32 Å². The molecule has 0 bridgehead atoms. The second-order valence-electron chi connectivity index (χ2n) is 9.75. The third kappa shape index (κ3) is 6.17. The number of thiophene rings is 1. The Morgan fingerprint density at radius 3 is 2.44 bits per heavy atom. The number of carbonyl (C=O) groups is 1. The summed E-state index contributed by atoms with van der Waals surface area (Å²) in [6.45, 7) is -0.0929. The van der Waals surface area contributed by atoms with Gasteiger partial charge in [-0.3, -0.25) is 9.59 Å². The van der Waals surface area contributed by atoms with Crippen molar-refractivity contribution in [3.63, 3.8) is 0 Å². The molecular formula is C31H20ClF4N5O3S. The van der Waals surface area contributed by atoms with E-state index < -0.39 is 46.1 Å². The number of carbonyl (C=O) groups excluding carboxylic acids is 1. The van der Waals surface area contributed by atoms with Crippen LogP contribution in [0, 0.1) is 5.82 Å². The van der Waals surface area contributed by atoms with E-state index in [-0.39, 0.29) is 18.7 Å². The second-order valence-corrected chi connectivity index (χ2v) is 11.6. The Morgan fingerprint density at radius 1 is 1.00 bits per heavy atom. The second kappa shape index (κ2) is 12.2. The quantitative estimate of drug-likeness (QED) is 0.170. The number of nitrogens with zero attached hydrogens (tertiary/aromatic N) is 4. The van der Waals surface area contributed by atoms with Crippen LogP contribution in [-0.4, -0.2) is 25.4 Å². The monoisotopic (exact) mass is 653 g/mol. The number of alkyl halides is 3. The van der Waals surface area contributed by atoms with Crippen molar-refractivity contribution in [3.8, 4) is 22.4 Å². The largest absolute Gasteiger partial charge is 0.417 e. The Morgan fingerprint density at radius 2 is 1.76 bits per heavy atom. The topological polar surface area (TPSA) is 94.9 Å². The molecule has 14 heteroatoms. The molecule has 0 amide bonds. The van der Waals surface area contributed by atoms with Crippen molar-refractivity contribution in [2.45, 2.75) is 19.3 Å². The molecule has 0 unspecified atom stereocenters. The lowest BCUT2D eigenvalue weighted by molar-refractivity contribution is -0.137. The molecule has 1 N–H and O–H groups in total. The van der Waals surface area contributed by atoms with Gasteiger partial charge in [-0.1, -0.05) is 59.2 Å². The lowest BCUT2D eigenvalue weighted by Crippen LogP contribution is -2.23. The molecule has 6 rings (SSSR count). The molecule has 228 valence electrons. The Labute approximate surface area is 261 Å². The van der Waals surface area contributed by atoms with Crippen molar-refractivity contribution >= 4 is 34.7 Å². The summed E-state index contributed by atoms with van der Waals surface area (Å²) in [5.74, 6) is -2.54. The number of aromatic nitrogens is 4. The summed E-state index contributed by atoms with van der Waals surface area (Å²) >= 11 is 7.21. The van der Waals surface area contributed by atoms with E-state index in [2.05, 4.69) is 15.6 Å². The summed E-state index contributed by atoms with van der Waals surface area (Å²) in [6.07, 6.45) is -1.91. The number of rotatable bonds is 8. The number of halogens is 5. The van der Waals surface area contributed by atoms with E-state index >= 15 is 4.39 Å². The van der Waals surface area contributed by atoms with Crippen LogP contribution >= 0.6 is 22.9 Å². The smallest absolute Gasteiger partial charge is 0.363 e. The van der Waals surface area contributed by atoms with Crippen molar-refractivity contribution in [3.05, 3.63) is 134 Å². The predicted octanol–water partition coefficient (Wildman–Crippen LogP) is 7.59. The summed E-state index contributed by atoms with van der Waals surface area (Å²) in [5, 5.41) is 10.5. The first kappa shape index (κ1) is 30.0. The van der Waals surface area contributed by atoms with E-state index in [1.807, 2.05) is 0 Å². The van der Waals surface area contributed by atoms with Crippen molar-refractivity contribution < 1.29 is 26.9 Å². The molecule has 6 aromatic rings. The number of anilines is 1. The molecule has 0 saturated heterocycles. The maximum absolute atomic E-state index is 16.4. The lowest BCUT2D eigenvalue weighted by Gasteiger charge is -2.13. The summed E-state index contributed by atoms with van der Waals surface area (Å²) in [7, 11) is 0. The Kier molecular flexibility index (Phi) is 8.12. The van der Waals surface area contributed by atoms with Gasteiger partial charge in [0.1, 0.15) is 5.69 Å². The summed E-state index contributed by atoms with van der Waals surface area (Å²) in [6, 6.07) is 19.3. The number of pyridine rings is 1. The van der Waals surface area contributed by atoms with Gasteiger partial charge in [0.25, 0.3) is 11.5 Å². The molecule has 0 aliphatic heterocycles. The number of hydrogen-bond acceptors (Lipinski definition) is 7. The van der Waals surface area contributed by atoms with Crippen LogP contribution in [0.2, 0.25) is 4.34 Å². The fraction of sp³-hybridized carbons (Fsp3) is 0.0968. The Balaban J connectivity index is 1.53. The standard InChI is InChI=1S/C31H20ClF4N5O3S/c32-25-11-10-21(45-25)15-37-28-26(33)27(39-41(28)30(43)22-8-4-5-9-24(22)31(34,35)36)23-14-19(18-6-2-1-3-7-18)16-40(29(23)42)17-20-12-13-38-44-20/h1-14,16,37H,15,17H2. The minimum Gasteiger partial charge on any atom is -0.363 e. The molecule has 2 aromatic carbocycles. The number of benzene rings is 2. The number of nitrogens with one attached hydrogen (secondary N) is 1. The van der Waals surface area contributed by atoms with Crippen LogP contribution in [0.15, 0.2) is 101 Å². The first-order chi connectivity index (χ1) is 21.6. The van der Waals surface area contributed by atoms with Gasteiger partial charge in [0.2, 0.25) is 0 Å². The zero-order valence-electron chi connectivity index (χ0n) is 22.9. The van der Waals surface area contributed by atoms with Crippen LogP contribution in [0.3, 0.4) is 0 Å². The highest BCUT2D eigenvalue weighted by Crippen LogP contribution is 2.34. The first-order valence-electron chi connectivity index (χ1n) is 13.3. The van der Waals surface area contributed by atoms with E-state index in [0.717, 1.165) is 18.2 Å². The fourth-order valence-corrected chi connectivity index (χ4v) is 5.75. The predicted molar refractivity (Wildman–Crippen MR) is 161 cm³/mol. The molecule has 0 atom stereocenters. The van der Waals surface area contributed by atoms with Gasteiger partial charge >= 0.3 is 6.18 Å². The first-order valence-corrected chi connectivity index (χ1v) is 14.5. The molecule has 0 aliphatic rings. The molecule has 8 nitrogen and oxygen atoms in total. The lowest BCUT2D eigenvalue weighted by atomic mass is 10.0. The molecule has 0 fully saturated rings. The average Bonchev–Trinajstić information content (AvgIpc) is 3.77. The van der Waals surface area contributed by atoms with E-state index in [0.29, 0.717) is 30.8 Å². The Hall–Kier alpha value is -5.01. The zero-order chi connectivity index (χ0) is 31.7. The average molecular weight is 654 g/mol. The molecule has 4 heterocycles. The van der Waals surface area contributed by atoms with Crippen LogP contribution in [0.1, 0.15) is 26.6 Å². The van der Waals surface area contributed by atoms with Crippen LogP contribution in [-0.2, 0) is 19.3 Å². The van der Waals surface area contributed by atoms with Gasteiger partial charge in [-0.25, -0.2) is 4.39 Å². The van der Waals surface area contributed by atoms with Crippen molar-refractivity contribution in [1.29, 1.82) is 0 Å². The van der Waals surface area contributed by atoms with Gasteiger partial charge < -0.3 is 14.4 Å². The third-order valence-electron chi connectivity index (χ3n) is 6.81. The van der Waals surface area contributed by atoms with Gasteiger partial charge in [-0.2, -0.15) is 23.0 Å². The highest BCUT2D eigenvalue weighted by atomic mass is 35.5. The van der Waals surface area contributed by atoms with Crippen molar-refractivity contribution in [2.24, 2.45) is 0 Å². The normalized spacial score (nSPS) is 11.6. The maximum atomic E-state index is 16.4. The fourth-order valence-electron chi connectivity index (χ4n) is 4.72. The zero-order valence-corrected chi connectivity index (χ0v) is 24.5. The van der Waals surface area contributed by atoms with E-state index in [1.54, 1.807) is 54.7 Å². The van der Waals surface area contributed by atoms with Gasteiger partial charge in [0.05, 0.1) is 40.3 Å².